The number of hydrogen-bond acceptors (Lipinski definition) is 4. The van der Waals surface area contributed by atoms with E-state index in [0.717, 1.165) is 36.9 Å². The van der Waals surface area contributed by atoms with Gasteiger partial charge in [0, 0.05) is 24.6 Å². The molecular formula is C28H38N2O4. The van der Waals surface area contributed by atoms with Crippen molar-refractivity contribution in [2.24, 2.45) is 17.3 Å². The van der Waals surface area contributed by atoms with Gasteiger partial charge < -0.3 is 15.0 Å². The molecule has 0 spiro atoms. The number of nitrogens with zero attached hydrogens (tertiary/aromatic N) is 1. The van der Waals surface area contributed by atoms with Crippen molar-refractivity contribution in [3.8, 4) is 0 Å². The van der Waals surface area contributed by atoms with Crippen molar-refractivity contribution in [2.75, 3.05) is 13.2 Å². The number of ether oxygens (including phenoxy) is 1. The van der Waals surface area contributed by atoms with Crippen LogP contribution in [-0.4, -0.2) is 35.8 Å². The second-order valence-corrected chi connectivity index (χ2v) is 10.1. The van der Waals surface area contributed by atoms with Crippen LogP contribution in [0.15, 0.2) is 42.1 Å². The van der Waals surface area contributed by atoms with Crippen molar-refractivity contribution >= 4 is 17.8 Å². The second-order valence-electron chi connectivity index (χ2n) is 10.1. The van der Waals surface area contributed by atoms with Gasteiger partial charge in [0.25, 0.3) is 0 Å². The Morgan fingerprint density at radius 1 is 1.12 bits per heavy atom. The molecule has 1 saturated heterocycles. The summed E-state index contributed by atoms with van der Waals surface area (Å²) in [5, 5.41) is 3.08. The van der Waals surface area contributed by atoms with E-state index in [1.807, 2.05) is 43.3 Å². The molecule has 2 fully saturated rings. The lowest BCUT2D eigenvalue weighted by molar-refractivity contribution is -0.162. The standard InChI is InChI=1S/C28H38N2O4/c1-2-34-27(33)28-16-10-9-15-24(28)30(20-22-13-7-4-8-14-22)26(32)23(18-28)17-25(31)29-19-21-11-5-3-6-12-21/h4,7-8,13-15,21,23H,2-3,5-6,9-12,16-20H2,1H3,(H,29,31)/t23-,28+/m1/s1. The Morgan fingerprint density at radius 2 is 1.88 bits per heavy atom. The molecule has 1 aliphatic heterocycles. The van der Waals surface area contributed by atoms with E-state index in [0.29, 0.717) is 38.5 Å². The summed E-state index contributed by atoms with van der Waals surface area (Å²) in [4.78, 5) is 41.7. The van der Waals surface area contributed by atoms with Crippen molar-refractivity contribution in [2.45, 2.75) is 77.7 Å². The Hall–Kier alpha value is -2.63. The second kappa shape index (κ2) is 11.2. The lowest BCUT2D eigenvalue weighted by Gasteiger charge is -2.48. The summed E-state index contributed by atoms with van der Waals surface area (Å²) in [6, 6.07) is 9.83. The molecule has 2 atom stereocenters. The predicted molar refractivity (Wildman–Crippen MR) is 130 cm³/mol. The highest BCUT2D eigenvalue weighted by Gasteiger charge is 2.54. The highest BCUT2D eigenvalue weighted by atomic mass is 16.5. The van der Waals surface area contributed by atoms with E-state index >= 15 is 0 Å². The highest BCUT2D eigenvalue weighted by Crippen LogP contribution is 2.50. The maximum atomic E-state index is 13.7. The number of carbonyl (C=O) groups excluding carboxylic acids is 3. The smallest absolute Gasteiger partial charge is 0.318 e. The molecular weight excluding hydrogens is 428 g/mol. The minimum absolute atomic E-state index is 0.0651. The third kappa shape index (κ3) is 5.37. The van der Waals surface area contributed by atoms with Gasteiger partial charge in [-0.15, -0.1) is 0 Å². The Labute approximate surface area is 203 Å². The number of hydrogen-bond donors (Lipinski definition) is 1. The third-order valence-electron chi connectivity index (χ3n) is 7.73. The number of piperidine rings is 1. The van der Waals surface area contributed by atoms with Gasteiger partial charge in [-0.25, -0.2) is 0 Å². The topological polar surface area (TPSA) is 75.7 Å². The number of rotatable bonds is 8. The van der Waals surface area contributed by atoms with Gasteiger partial charge in [-0.2, -0.15) is 0 Å². The fraction of sp³-hybridized carbons (Fsp3) is 0.607. The van der Waals surface area contributed by atoms with Crippen LogP contribution in [0.1, 0.15) is 76.7 Å². The van der Waals surface area contributed by atoms with Gasteiger partial charge in [0.15, 0.2) is 0 Å². The van der Waals surface area contributed by atoms with Crippen LogP contribution in [0.4, 0.5) is 0 Å². The molecule has 6 nitrogen and oxygen atoms in total. The van der Waals surface area contributed by atoms with E-state index in [1.165, 1.54) is 19.3 Å². The molecule has 1 N–H and O–H groups in total. The van der Waals surface area contributed by atoms with E-state index in [4.69, 9.17) is 4.74 Å². The van der Waals surface area contributed by atoms with E-state index < -0.39 is 11.3 Å². The lowest BCUT2D eigenvalue weighted by atomic mass is 9.66. The number of fused-ring (bicyclic) bond motifs is 1. The van der Waals surface area contributed by atoms with Crippen LogP contribution in [-0.2, 0) is 25.7 Å². The molecule has 184 valence electrons. The van der Waals surface area contributed by atoms with Crippen LogP contribution < -0.4 is 5.32 Å². The first-order valence-corrected chi connectivity index (χ1v) is 13.0. The van der Waals surface area contributed by atoms with Crippen molar-refractivity contribution in [3.63, 3.8) is 0 Å². The van der Waals surface area contributed by atoms with E-state index in [2.05, 4.69) is 5.32 Å². The van der Waals surface area contributed by atoms with Gasteiger partial charge in [0.05, 0.1) is 13.2 Å². The van der Waals surface area contributed by atoms with Crippen molar-refractivity contribution in [3.05, 3.63) is 47.7 Å². The van der Waals surface area contributed by atoms with E-state index in [1.54, 1.807) is 4.90 Å². The first kappa shape index (κ1) is 24.5. The largest absolute Gasteiger partial charge is 0.465 e. The molecule has 3 aliphatic rings. The van der Waals surface area contributed by atoms with Crippen LogP contribution in [0.25, 0.3) is 0 Å². The summed E-state index contributed by atoms with van der Waals surface area (Å²) in [6.07, 6.45) is 10.9. The van der Waals surface area contributed by atoms with Crippen molar-refractivity contribution < 1.29 is 19.1 Å². The molecule has 2 aliphatic carbocycles. The summed E-state index contributed by atoms with van der Waals surface area (Å²) < 4.78 is 5.54. The number of carbonyl (C=O) groups is 3. The number of amides is 2. The van der Waals surface area contributed by atoms with Crippen LogP contribution in [0.5, 0.6) is 0 Å². The van der Waals surface area contributed by atoms with Gasteiger partial charge in [-0.05, 0) is 56.9 Å². The zero-order valence-electron chi connectivity index (χ0n) is 20.4. The maximum Gasteiger partial charge on any atom is 0.318 e. The number of esters is 1. The van der Waals surface area contributed by atoms with Crippen molar-refractivity contribution in [1.29, 1.82) is 0 Å². The highest BCUT2D eigenvalue weighted by molar-refractivity contribution is 5.92. The summed E-state index contributed by atoms with van der Waals surface area (Å²) in [7, 11) is 0. The number of benzene rings is 1. The summed E-state index contributed by atoms with van der Waals surface area (Å²) in [5.74, 6) is -0.419. The van der Waals surface area contributed by atoms with Crippen molar-refractivity contribution in [1.82, 2.24) is 10.2 Å². The number of nitrogens with one attached hydrogen (secondary N) is 1. The fourth-order valence-corrected chi connectivity index (χ4v) is 5.98. The Bertz CT molecular complexity index is 906. The first-order chi connectivity index (χ1) is 16.5. The number of likely N-dealkylation sites (tertiary alicyclic amines) is 1. The normalized spacial score (nSPS) is 25.3. The molecule has 6 heteroatoms. The summed E-state index contributed by atoms with van der Waals surface area (Å²) in [6.45, 7) is 3.19. The van der Waals surface area contributed by atoms with E-state index in [9.17, 15) is 14.4 Å². The Kier molecular flexibility index (Phi) is 8.07. The van der Waals surface area contributed by atoms with Crippen LogP contribution in [0.2, 0.25) is 0 Å². The Balaban J connectivity index is 1.55. The predicted octanol–water partition coefficient (Wildman–Crippen LogP) is 4.74. The average molecular weight is 467 g/mol. The van der Waals surface area contributed by atoms with Crippen LogP contribution >= 0.6 is 0 Å². The van der Waals surface area contributed by atoms with Gasteiger partial charge >= 0.3 is 5.97 Å². The maximum absolute atomic E-state index is 13.7. The zero-order chi connectivity index (χ0) is 24.0. The molecule has 1 saturated carbocycles. The SMILES string of the molecule is CCOC(=O)[C@]12CCCC=C1N(Cc1ccccc1)C(=O)[C@H](CC(=O)NCC1CCCCC1)C2. The molecule has 1 aromatic carbocycles. The van der Waals surface area contributed by atoms with Crippen LogP contribution in [0, 0.1) is 17.3 Å². The zero-order valence-corrected chi connectivity index (χ0v) is 20.4. The molecule has 1 aromatic rings. The molecule has 1 heterocycles. The molecule has 0 radical (unpaired) electrons. The lowest BCUT2D eigenvalue weighted by Crippen LogP contribution is -2.54. The quantitative estimate of drug-likeness (QED) is 0.562. The molecule has 0 aromatic heterocycles. The summed E-state index contributed by atoms with van der Waals surface area (Å²) in [5.41, 5.74) is 0.915. The fourth-order valence-electron chi connectivity index (χ4n) is 5.98. The van der Waals surface area contributed by atoms with Gasteiger partial charge in [-0.3, -0.25) is 14.4 Å². The minimum Gasteiger partial charge on any atom is -0.465 e. The summed E-state index contributed by atoms with van der Waals surface area (Å²) >= 11 is 0. The van der Waals surface area contributed by atoms with Gasteiger partial charge in [0.2, 0.25) is 11.8 Å². The third-order valence-corrected chi connectivity index (χ3v) is 7.73. The van der Waals surface area contributed by atoms with E-state index in [-0.39, 0.29) is 24.2 Å². The molecule has 34 heavy (non-hydrogen) atoms. The monoisotopic (exact) mass is 466 g/mol. The van der Waals surface area contributed by atoms with Gasteiger partial charge in [0.1, 0.15) is 5.41 Å². The average Bonchev–Trinajstić information content (AvgIpc) is 2.86. The first-order valence-electron chi connectivity index (χ1n) is 13.0. The minimum atomic E-state index is -0.856. The molecule has 4 rings (SSSR count). The Morgan fingerprint density at radius 3 is 2.62 bits per heavy atom. The molecule has 0 unspecified atom stereocenters. The van der Waals surface area contributed by atoms with Crippen LogP contribution in [0.3, 0.4) is 0 Å². The van der Waals surface area contributed by atoms with Gasteiger partial charge in [-0.1, -0.05) is 55.7 Å². The molecule has 0 bridgehead atoms. The number of allylic oxidation sites excluding steroid dienone is 1. The molecule has 2 amide bonds.